The largest absolute Gasteiger partial charge is 0.399 e. The standard InChI is InChI=1S/C18H31NO5/c1-20-9-10-22-13-14-24-16-15-23-12-11-21-8-2-3-17-4-6-18(19)7-5-17/h4-7H,2-3,8-16,19H2,1H3. The van der Waals surface area contributed by atoms with E-state index in [9.17, 15) is 0 Å². The van der Waals surface area contributed by atoms with Gasteiger partial charge in [0.15, 0.2) is 0 Å². The fraction of sp³-hybridized carbons (Fsp3) is 0.667. The number of rotatable bonds is 16. The van der Waals surface area contributed by atoms with Crippen molar-refractivity contribution in [1.82, 2.24) is 0 Å². The third kappa shape index (κ3) is 12.3. The first-order valence-electron chi connectivity index (χ1n) is 8.47. The topological polar surface area (TPSA) is 72.2 Å². The summed E-state index contributed by atoms with van der Waals surface area (Å²) in [5, 5.41) is 0. The lowest BCUT2D eigenvalue weighted by molar-refractivity contribution is -0.00788. The lowest BCUT2D eigenvalue weighted by atomic mass is 10.1. The molecule has 6 heteroatoms. The van der Waals surface area contributed by atoms with Crippen LogP contribution in [-0.2, 0) is 30.1 Å². The lowest BCUT2D eigenvalue weighted by Crippen LogP contribution is -2.13. The summed E-state index contributed by atoms with van der Waals surface area (Å²) in [5.74, 6) is 0. The molecule has 0 saturated heterocycles. The second kappa shape index (κ2) is 15.4. The number of ether oxygens (including phenoxy) is 5. The van der Waals surface area contributed by atoms with Gasteiger partial charge in [-0.05, 0) is 30.5 Å². The number of nitrogen functional groups attached to an aromatic ring is 1. The van der Waals surface area contributed by atoms with E-state index in [2.05, 4.69) is 12.1 Å². The molecule has 1 aromatic rings. The molecule has 0 aromatic heterocycles. The van der Waals surface area contributed by atoms with Crippen LogP contribution >= 0.6 is 0 Å². The zero-order valence-corrected chi connectivity index (χ0v) is 14.7. The van der Waals surface area contributed by atoms with E-state index in [0.717, 1.165) is 25.1 Å². The van der Waals surface area contributed by atoms with Crippen molar-refractivity contribution >= 4 is 5.69 Å². The van der Waals surface area contributed by atoms with Crippen molar-refractivity contribution in [2.75, 3.05) is 72.3 Å². The molecule has 0 amide bonds. The molecule has 0 fully saturated rings. The highest BCUT2D eigenvalue weighted by Crippen LogP contribution is 2.07. The summed E-state index contributed by atoms with van der Waals surface area (Å²) in [6.45, 7) is 5.47. The molecular weight excluding hydrogens is 310 g/mol. The third-order valence-electron chi connectivity index (χ3n) is 3.28. The van der Waals surface area contributed by atoms with Crippen LogP contribution in [0.1, 0.15) is 12.0 Å². The third-order valence-corrected chi connectivity index (χ3v) is 3.28. The Kier molecular flexibility index (Phi) is 13.3. The summed E-state index contributed by atoms with van der Waals surface area (Å²) in [6.07, 6.45) is 2.00. The summed E-state index contributed by atoms with van der Waals surface area (Å²) in [6, 6.07) is 7.97. The zero-order chi connectivity index (χ0) is 17.3. The van der Waals surface area contributed by atoms with Gasteiger partial charge in [-0.2, -0.15) is 0 Å². The molecule has 0 unspecified atom stereocenters. The van der Waals surface area contributed by atoms with Crippen molar-refractivity contribution in [1.29, 1.82) is 0 Å². The van der Waals surface area contributed by atoms with Crippen LogP contribution in [-0.4, -0.2) is 66.6 Å². The Hall–Kier alpha value is -1.18. The summed E-state index contributed by atoms with van der Waals surface area (Å²) < 4.78 is 26.5. The van der Waals surface area contributed by atoms with Crippen molar-refractivity contribution in [3.05, 3.63) is 29.8 Å². The minimum absolute atomic E-state index is 0.574. The van der Waals surface area contributed by atoms with Gasteiger partial charge < -0.3 is 29.4 Å². The molecule has 1 rings (SSSR count). The maximum atomic E-state index is 5.65. The second-order valence-corrected chi connectivity index (χ2v) is 5.29. The number of methoxy groups -OCH3 is 1. The summed E-state index contributed by atoms with van der Waals surface area (Å²) in [5.41, 5.74) is 7.74. The maximum absolute atomic E-state index is 5.65. The number of anilines is 1. The van der Waals surface area contributed by atoms with Crippen LogP contribution in [0.15, 0.2) is 24.3 Å². The Balaban J connectivity index is 1.75. The molecule has 0 saturated carbocycles. The molecule has 6 nitrogen and oxygen atoms in total. The first-order chi connectivity index (χ1) is 11.8. The molecule has 0 aliphatic heterocycles. The van der Waals surface area contributed by atoms with Crippen LogP contribution in [0.5, 0.6) is 0 Å². The molecule has 0 aliphatic rings. The average Bonchev–Trinajstić information content (AvgIpc) is 2.60. The van der Waals surface area contributed by atoms with Crippen LogP contribution < -0.4 is 5.73 Å². The molecule has 0 bridgehead atoms. The fourth-order valence-electron chi connectivity index (χ4n) is 1.97. The van der Waals surface area contributed by atoms with Crippen molar-refractivity contribution in [3.8, 4) is 0 Å². The van der Waals surface area contributed by atoms with Gasteiger partial charge in [0.1, 0.15) is 0 Å². The quantitative estimate of drug-likeness (QED) is 0.366. The Morgan fingerprint density at radius 1 is 0.667 bits per heavy atom. The van der Waals surface area contributed by atoms with Gasteiger partial charge in [-0.3, -0.25) is 0 Å². The Bertz CT molecular complexity index is 386. The predicted molar refractivity (Wildman–Crippen MR) is 94.3 cm³/mol. The highest BCUT2D eigenvalue weighted by atomic mass is 16.6. The van der Waals surface area contributed by atoms with E-state index in [1.165, 1.54) is 5.56 Å². The number of aryl methyl sites for hydroxylation is 1. The van der Waals surface area contributed by atoms with Crippen LogP contribution in [0, 0.1) is 0 Å². The van der Waals surface area contributed by atoms with E-state index in [1.807, 2.05) is 12.1 Å². The first-order valence-corrected chi connectivity index (χ1v) is 8.47. The van der Waals surface area contributed by atoms with Gasteiger partial charge in [0.05, 0.1) is 52.9 Å². The zero-order valence-electron chi connectivity index (χ0n) is 14.7. The Labute approximate surface area is 145 Å². The number of hydrogen-bond acceptors (Lipinski definition) is 6. The van der Waals surface area contributed by atoms with Gasteiger partial charge in [-0.15, -0.1) is 0 Å². The van der Waals surface area contributed by atoms with Gasteiger partial charge in [0, 0.05) is 19.4 Å². The smallest absolute Gasteiger partial charge is 0.0701 e. The highest BCUT2D eigenvalue weighted by molar-refractivity contribution is 5.39. The van der Waals surface area contributed by atoms with E-state index in [-0.39, 0.29) is 0 Å². The fourth-order valence-corrected chi connectivity index (χ4v) is 1.97. The highest BCUT2D eigenvalue weighted by Gasteiger charge is 1.95. The van der Waals surface area contributed by atoms with E-state index in [1.54, 1.807) is 7.11 Å². The number of hydrogen-bond donors (Lipinski definition) is 1. The van der Waals surface area contributed by atoms with Gasteiger partial charge >= 0.3 is 0 Å². The maximum Gasteiger partial charge on any atom is 0.0701 e. The average molecular weight is 341 g/mol. The molecule has 0 radical (unpaired) electrons. The van der Waals surface area contributed by atoms with Gasteiger partial charge in [0.25, 0.3) is 0 Å². The Morgan fingerprint density at radius 2 is 1.12 bits per heavy atom. The molecule has 0 atom stereocenters. The minimum atomic E-state index is 0.574. The van der Waals surface area contributed by atoms with Crippen LogP contribution in [0.4, 0.5) is 5.69 Å². The molecule has 2 N–H and O–H groups in total. The van der Waals surface area contributed by atoms with E-state index < -0.39 is 0 Å². The van der Waals surface area contributed by atoms with Gasteiger partial charge in [-0.1, -0.05) is 12.1 Å². The van der Waals surface area contributed by atoms with Crippen LogP contribution in [0.25, 0.3) is 0 Å². The minimum Gasteiger partial charge on any atom is -0.399 e. The molecular formula is C18H31NO5. The molecule has 0 heterocycles. The van der Waals surface area contributed by atoms with E-state index in [4.69, 9.17) is 29.4 Å². The lowest BCUT2D eigenvalue weighted by Gasteiger charge is -2.07. The van der Waals surface area contributed by atoms with Gasteiger partial charge in [0.2, 0.25) is 0 Å². The monoisotopic (exact) mass is 341 g/mol. The van der Waals surface area contributed by atoms with Crippen LogP contribution in [0.3, 0.4) is 0 Å². The Morgan fingerprint density at radius 3 is 1.62 bits per heavy atom. The number of nitrogens with two attached hydrogens (primary N) is 1. The van der Waals surface area contributed by atoms with Crippen molar-refractivity contribution in [2.45, 2.75) is 12.8 Å². The van der Waals surface area contributed by atoms with Crippen LogP contribution in [0.2, 0.25) is 0 Å². The normalized spacial score (nSPS) is 11.0. The van der Waals surface area contributed by atoms with E-state index >= 15 is 0 Å². The van der Waals surface area contributed by atoms with Crippen molar-refractivity contribution in [2.24, 2.45) is 0 Å². The summed E-state index contributed by atoms with van der Waals surface area (Å²) in [4.78, 5) is 0. The summed E-state index contributed by atoms with van der Waals surface area (Å²) in [7, 11) is 1.65. The number of benzene rings is 1. The molecule has 24 heavy (non-hydrogen) atoms. The molecule has 0 aliphatic carbocycles. The summed E-state index contributed by atoms with van der Waals surface area (Å²) >= 11 is 0. The predicted octanol–water partition coefficient (Wildman–Crippen LogP) is 1.91. The van der Waals surface area contributed by atoms with E-state index in [0.29, 0.717) is 52.9 Å². The molecule has 138 valence electrons. The van der Waals surface area contributed by atoms with Gasteiger partial charge in [-0.25, -0.2) is 0 Å². The SMILES string of the molecule is COCCOCCOCCOCCOCCCc1ccc(N)cc1. The molecule has 0 spiro atoms. The second-order valence-electron chi connectivity index (χ2n) is 5.29. The van der Waals surface area contributed by atoms with Crippen molar-refractivity contribution in [3.63, 3.8) is 0 Å². The first kappa shape index (κ1) is 20.9. The van der Waals surface area contributed by atoms with Crippen molar-refractivity contribution < 1.29 is 23.7 Å². The molecule has 1 aromatic carbocycles.